The summed E-state index contributed by atoms with van der Waals surface area (Å²) in [7, 11) is 0. The first-order valence-corrected chi connectivity index (χ1v) is 6.23. The van der Waals surface area contributed by atoms with Gasteiger partial charge in [0.15, 0.2) is 0 Å². The third-order valence-electron chi connectivity index (χ3n) is 2.91. The van der Waals surface area contributed by atoms with Gasteiger partial charge < -0.3 is 5.11 Å². The van der Waals surface area contributed by atoms with Crippen LogP contribution in [0.2, 0.25) is 0 Å². The Kier molecular flexibility index (Phi) is 2.84. The largest absolute Gasteiger partial charge is 0.385 e. The van der Waals surface area contributed by atoms with Gasteiger partial charge in [-0.3, -0.25) is 0 Å². The zero-order chi connectivity index (χ0) is 10.0. The molecule has 1 aliphatic rings. The van der Waals surface area contributed by atoms with E-state index in [2.05, 4.69) is 31.2 Å². The summed E-state index contributed by atoms with van der Waals surface area (Å²) >= 11 is 1.94. The highest BCUT2D eigenvalue weighted by Crippen LogP contribution is 2.35. The predicted molar refractivity (Wildman–Crippen MR) is 61.6 cm³/mol. The third kappa shape index (κ3) is 1.96. The van der Waals surface area contributed by atoms with E-state index in [9.17, 15) is 5.11 Å². The maximum atomic E-state index is 10.4. The maximum absolute atomic E-state index is 10.4. The van der Waals surface area contributed by atoms with Gasteiger partial charge in [0.2, 0.25) is 0 Å². The van der Waals surface area contributed by atoms with Gasteiger partial charge in [-0.05, 0) is 36.8 Å². The molecule has 76 valence electrons. The van der Waals surface area contributed by atoms with Crippen molar-refractivity contribution in [3.63, 3.8) is 0 Å². The van der Waals surface area contributed by atoms with Crippen molar-refractivity contribution in [2.24, 2.45) is 0 Å². The molecule has 1 nitrogen and oxygen atoms in total. The second-order valence-electron chi connectivity index (χ2n) is 4.01. The SMILES string of the molecule is Cc1ccc(C2(O)CCSCC2)cc1. The van der Waals surface area contributed by atoms with Crippen molar-refractivity contribution in [3.8, 4) is 0 Å². The molecule has 0 spiro atoms. The van der Waals surface area contributed by atoms with Crippen LogP contribution in [0, 0.1) is 6.92 Å². The molecule has 0 atom stereocenters. The molecule has 1 fully saturated rings. The molecule has 0 radical (unpaired) electrons. The van der Waals surface area contributed by atoms with Crippen LogP contribution in [0.4, 0.5) is 0 Å². The van der Waals surface area contributed by atoms with E-state index in [-0.39, 0.29) is 0 Å². The number of rotatable bonds is 1. The van der Waals surface area contributed by atoms with Crippen molar-refractivity contribution >= 4 is 11.8 Å². The summed E-state index contributed by atoms with van der Waals surface area (Å²) < 4.78 is 0. The fourth-order valence-corrected chi connectivity index (χ4v) is 3.03. The normalized spacial score (nSPS) is 20.7. The topological polar surface area (TPSA) is 20.2 Å². The molecule has 0 aromatic heterocycles. The molecule has 2 heteroatoms. The quantitative estimate of drug-likeness (QED) is 0.765. The van der Waals surface area contributed by atoms with Crippen LogP contribution in [-0.2, 0) is 5.60 Å². The molecule has 0 bridgehead atoms. The van der Waals surface area contributed by atoms with Gasteiger partial charge in [-0.2, -0.15) is 11.8 Å². The van der Waals surface area contributed by atoms with E-state index in [1.54, 1.807) is 0 Å². The minimum atomic E-state index is -0.557. The average Bonchev–Trinajstić information content (AvgIpc) is 2.19. The molecule has 1 heterocycles. The summed E-state index contributed by atoms with van der Waals surface area (Å²) in [6.45, 7) is 2.07. The van der Waals surface area contributed by atoms with Gasteiger partial charge >= 0.3 is 0 Å². The van der Waals surface area contributed by atoms with Crippen LogP contribution in [0.1, 0.15) is 24.0 Å². The Bertz CT molecular complexity index is 299. The first-order chi connectivity index (χ1) is 6.71. The predicted octanol–water partition coefficient (Wildman–Crippen LogP) is 2.71. The number of hydrogen-bond donors (Lipinski definition) is 1. The van der Waals surface area contributed by atoms with E-state index in [1.807, 2.05) is 11.8 Å². The van der Waals surface area contributed by atoms with Crippen LogP contribution in [0.3, 0.4) is 0 Å². The van der Waals surface area contributed by atoms with Crippen LogP contribution in [0.5, 0.6) is 0 Å². The lowest BCUT2D eigenvalue weighted by atomic mass is 9.88. The first kappa shape index (κ1) is 10.1. The van der Waals surface area contributed by atoms with Crippen LogP contribution in [0.25, 0.3) is 0 Å². The minimum Gasteiger partial charge on any atom is -0.385 e. The van der Waals surface area contributed by atoms with Crippen molar-refractivity contribution in [1.82, 2.24) is 0 Å². The molecular formula is C12H16OS. The van der Waals surface area contributed by atoms with Gasteiger partial charge in [0.25, 0.3) is 0 Å². The molecule has 0 saturated carbocycles. The molecule has 0 unspecified atom stereocenters. The number of hydrogen-bond acceptors (Lipinski definition) is 2. The Balaban J connectivity index is 2.23. The average molecular weight is 208 g/mol. The van der Waals surface area contributed by atoms with Crippen molar-refractivity contribution in [2.75, 3.05) is 11.5 Å². The number of aryl methyl sites for hydroxylation is 1. The molecule has 0 amide bonds. The smallest absolute Gasteiger partial charge is 0.0912 e. The van der Waals surface area contributed by atoms with Gasteiger partial charge in [-0.1, -0.05) is 29.8 Å². The lowest BCUT2D eigenvalue weighted by Crippen LogP contribution is -2.30. The molecule has 0 aliphatic carbocycles. The van der Waals surface area contributed by atoms with Crippen LogP contribution in [0.15, 0.2) is 24.3 Å². The third-order valence-corrected chi connectivity index (χ3v) is 3.89. The standard InChI is InChI=1S/C12H16OS/c1-10-2-4-11(5-3-10)12(13)6-8-14-9-7-12/h2-5,13H,6-9H2,1H3. The second-order valence-corrected chi connectivity index (χ2v) is 5.23. The van der Waals surface area contributed by atoms with E-state index >= 15 is 0 Å². The highest BCUT2D eigenvalue weighted by atomic mass is 32.2. The maximum Gasteiger partial charge on any atom is 0.0912 e. The number of thioether (sulfide) groups is 1. The lowest BCUT2D eigenvalue weighted by Gasteiger charge is -2.32. The van der Waals surface area contributed by atoms with Gasteiger partial charge in [-0.25, -0.2) is 0 Å². The van der Waals surface area contributed by atoms with E-state index in [0.29, 0.717) is 0 Å². The zero-order valence-electron chi connectivity index (χ0n) is 8.49. The Morgan fingerprint density at radius 2 is 1.71 bits per heavy atom. The van der Waals surface area contributed by atoms with Crippen molar-refractivity contribution in [3.05, 3.63) is 35.4 Å². The van der Waals surface area contributed by atoms with Gasteiger partial charge in [0.1, 0.15) is 0 Å². The Morgan fingerprint density at radius 3 is 2.29 bits per heavy atom. The fourth-order valence-electron chi connectivity index (χ4n) is 1.86. The van der Waals surface area contributed by atoms with E-state index < -0.39 is 5.60 Å². The lowest BCUT2D eigenvalue weighted by molar-refractivity contribution is 0.0281. The van der Waals surface area contributed by atoms with Crippen molar-refractivity contribution in [1.29, 1.82) is 0 Å². The Labute approximate surface area is 89.5 Å². The highest BCUT2D eigenvalue weighted by Gasteiger charge is 2.30. The highest BCUT2D eigenvalue weighted by molar-refractivity contribution is 7.99. The Morgan fingerprint density at radius 1 is 1.14 bits per heavy atom. The molecule has 1 aromatic carbocycles. The number of benzene rings is 1. The molecule has 1 N–H and O–H groups in total. The minimum absolute atomic E-state index is 0.557. The molecule has 14 heavy (non-hydrogen) atoms. The zero-order valence-corrected chi connectivity index (χ0v) is 9.31. The second kappa shape index (κ2) is 3.95. The summed E-state index contributed by atoms with van der Waals surface area (Å²) in [6, 6.07) is 8.28. The van der Waals surface area contributed by atoms with E-state index in [4.69, 9.17) is 0 Å². The summed E-state index contributed by atoms with van der Waals surface area (Å²) in [4.78, 5) is 0. The van der Waals surface area contributed by atoms with Gasteiger partial charge in [0.05, 0.1) is 5.60 Å². The van der Waals surface area contributed by atoms with E-state index in [0.717, 1.165) is 29.9 Å². The van der Waals surface area contributed by atoms with Gasteiger partial charge in [-0.15, -0.1) is 0 Å². The van der Waals surface area contributed by atoms with Crippen LogP contribution in [-0.4, -0.2) is 16.6 Å². The summed E-state index contributed by atoms with van der Waals surface area (Å²) in [6.07, 6.45) is 1.78. The van der Waals surface area contributed by atoms with Crippen LogP contribution < -0.4 is 0 Å². The monoisotopic (exact) mass is 208 g/mol. The fraction of sp³-hybridized carbons (Fsp3) is 0.500. The first-order valence-electron chi connectivity index (χ1n) is 5.08. The summed E-state index contributed by atoms with van der Waals surface area (Å²) in [5, 5.41) is 10.4. The van der Waals surface area contributed by atoms with E-state index in [1.165, 1.54) is 5.56 Å². The molecule has 2 rings (SSSR count). The molecular weight excluding hydrogens is 192 g/mol. The molecule has 1 saturated heterocycles. The van der Waals surface area contributed by atoms with Crippen molar-refractivity contribution < 1.29 is 5.11 Å². The van der Waals surface area contributed by atoms with Crippen molar-refractivity contribution in [2.45, 2.75) is 25.4 Å². The summed E-state index contributed by atoms with van der Waals surface area (Å²) in [5.41, 5.74) is 1.78. The molecule has 1 aliphatic heterocycles. The number of aliphatic hydroxyl groups is 1. The van der Waals surface area contributed by atoms with Crippen LogP contribution >= 0.6 is 11.8 Å². The molecule has 1 aromatic rings. The summed E-state index contributed by atoms with van der Waals surface area (Å²) in [5.74, 6) is 2.15. The Hall–Kier alpha value is -0.470. The van der Waals surface area contributed by atoms with Gasteiger partial charge in [0, 0.05) is 0 Å².